The van der Waals surface area contributed by atoms with E-state index in [4.69, 9.17) is 4.74 Å². The first-order valence-electron chi connectivity index (χ1n) is 4.42. The summed E-state index contributed by atoms with van der Waals surface area (Å²) in [4.78, 5) is 0. The Morgan fingerprint density at radius 1 is 1.50 bits per heavy atom. The predicted octanol–water partition coefficient (Wildman–Crippen LogP) is 2.69. The molecule has 0 heterocycles. The van der Waals surface area contributed by atoms with Gasteiger partial charge in [0.25, 0.3) is 0 Å². The van der Waals surface area contributed by atoms with Crippen molar-refractivity contribution in [3.8, 4) is 5.75 Å². The van der Waals surface area contributed by atoms with Gasteiger partial charge < -0.3 is 10.1 Å². The molecular weight excluding hydrogens is 242 g/mol. The Morgan fingerprint density at radius 3 is 2.86 bits per heavy atom. The number of halogens is 1. The van der Waals surface area contributed by atoms with E-state index in [1.165, 1.54) is 0 Å². The Kier molecular flexibility index (Phi) is 4.70. The third-order valence-electron chi connectivity index (χ3n) is 1.81. The second-order valence-electron chi connectivity index (χ2n) is 2.85. The molecule has 0 aliphatic carbocycles. The monoisotopic (exact) mass is 255 g/mol. The molecule has 0 fully saturated rings. The number of rotatable bonds is 4. The Bertz CT molecular complexity index is 323. The maximum absolute atomic E-state index is 5.14. The molecule has 1 rings (SSSR count). The molecule has 2 nitrogen and oxygen atoms in total. The van der Waals surface area contributed by atoms with Crippen molar-refractivity contribution in [1.82, 2.24) is 5.32 Å². The molecule has 0 bridgehead atoms. The average molecular weight is 256 g/mol. The smallest absolute Gasteiger partial charge is 0.133 e. The Hall–Kier alpha value is -0.800. The summed E-state index contributed by atoms with van der Waals surface area (Å²) in [7, 11) is 3.59. The van der Waals surface area contributed by atoms with Crippen LogP contribution < -0.4 is 10.1 Å². The van der Waals surface area contributed by atoms with Crippen LogP contribution >= 0.6 is 15.9 Å². The van der Waals surface area contributed by atoms with Gasteiger partial charge in [-0.1, -0.05) is 18.2 Å². The van der Waals surface area contributed by atoms with Crippen molar-refractivity contribution in [1.29, 1.82) is 0 Å². The van der Waals surface area contributed by atoms with E-state index in [9.17, 15) is 0 Å². The number of hydrogen-bond donors (Lipinski definition) is 1. The Labute approximate surface area is 93.1 Å². The SMILES string of the molecule is CNCC=Cc1ccc(OC)c(Br)c1. The molecule has 76 valence electrons. The van der Waals surface area contributed by atoms with Crippen molar-refractivity contribution < 1.29 is 4.74 Å². The van der Waals surface area contributed by atoms with Crippen LogP contribution in [0.1, 0.15) is 5.56 Å². The highest BCUT2D eigenvalue weighted by atomic mass is 79.9. The molecule has 3 heteroatoms. The van der Waals surface area contributed by atoms with Crippen LogP contribution in [-0.4, -0.2) is 20.7 Å². The van der Waals surface area contributed by atoms with Crippen LogP contribution in [0.3, 0.4) is 0 Å². The number of benzene rings is 1. The van der Waals surface area contributed by atoms with Crippen LogP contribution in [-0.2, 0) is 0 Å². The fraction of sp³-hybridized carbons (Fsp3) is 0.273. The molecule has 0 spiro atoms. The molecule has 0 aliphatic rings. The molecular formula is C11H14BrNO. The summed E-state index contributed by atoms with van der Waals surface area (Å²) in [6.45, 7) is 0.879. The van der Waals surface area contributed by atoms with Crippen molar-refractivity contribution in [3.05, 3.63) is 34.3 Å². The van der Waals surface area contributed by atoms with Gasteiger partial charge in [-0.05, 0) is 40.7 Å². The quantitative estimate of drug-likeness (QED) is 0.894. The lowest BCUT2D eigenvalue weighted by Gasteiger charge is -2.03. The minimum Gasteiger partial charge on any atom is -0.496 e. The van der Waals surface area contributed by atoms with Gasteiger partial charge in [-0.15, -0.1) is 0 Å². The highest BCUT2D eigenvalue weighted by Gasteiger charge is 1.98. The fourth-order valence-electron chi connectivity index (χ4n) is 1.10. The van der Waals surface area contributed by atoms with Gasteiger partial charge in [0.1, 0.15) is 5.75 Å². The number of ether oxygens (including phenoxy) is 1. The second kappa shape index (κ2) is 5.83. The summed E-state index contributed by atoms with van der Waals surface area (Å²) < 4.78 is 6.12. The van der Waals surface area contributed by atoms with Gasteiger partial charge in [-0.3, -0.25) is 0 Å². The predicted molar refractivity (Wildman–Crippen MR) is 63.7 cm³/mol. The molecule has 0 radical (unpaired) electrons. The molecule has 0 atom stereocenters. The molecule has 14 heavy (non-hydrogen) atoms. The van der Waals surface area contributed by atoms with Crippen LogP contribution in [0.2, 0.25) is 0 Å². The third-order valence-corrected chi connectivity index (χ3v) is 2.43. The first kappa shape index (κ1) is 11.3. The summed E-state index contributed by atoms with van der Waals surface area (Å²) in [5.41, 5.74) is 1.16. The van der Waals surface area contributed by atoms with E-state index in [-0.39, 0.29) is 0 Å². The zero-order chi connectivity index (χ0) is 10.4. The molecule has 0 saturated heterocycles. The summed E-state index contributed by atoms with van der Waals surface area (Å²) >= 11 is 3.44. The normalized spacial score (nSPS) is 10.8. The van der Waals surface area contributed by atoms with E-state index in [0.717, 1.165) is 22.3 Å². The van der Waals surface area contributed by atoms with Gasteiger partial charge in [0, 0.05) is 6.54 Å². The largest absolute Gasteiger partial charge is 0.496 e. The number of nitrogens with one attached hydrogen (secondary N) is 1. The van der Waals surface area contributed by atoms with Gasteiger partial charge >= 0.3 is 0 Å². The Morgan fingerprint density at radius 2 is 2.29 bits per heavy atom. The molecule has 0 amide bonds. The van der Waals surface area contributed by atoms with Crippen LogP contribution in [0.25, 0.3) is 6.08 Å². The molecule has 0 aliphatic heterocycles. The average Bonchev–Trinajstić information content (AvgIpc) is 2.18. The standard InChI is InChI=1S/C11H14BrNO/c1-13-7-3-4-9-5-6-11(14-2)10(12)8-9/h3-6,8,13H,7H2,1-2H3. The molecule has 1 aromatic rings. The van der Waals surface area contributed by atoms with Crippen molar-refractivity contribution in [2.24, 2.45) is 0 Å². The van der Waals surface area contributed by atoms with Crippen molar-refractivity contribution in [2.45, 2.75) is 0 Å². The highest BCUT2D eigenvalue weighted by molar-refractivity contribution is 9.10. The van der Waals surface area contributed by atoms with Gasteiger partial charge in [0.15, 0.2) is 0 Å². The molecule has 0 unspecified atom stereocenters. The maximum atomic E-state index is 5.14. The number of hydrogen-bond acceptors (Lipinski definition) is 2. The lowest BCUT2D eigenvalue weighted by Crippen LogP contribution is -2.03. The molecule has 0 aromatic heterocycles. The lowest BCUT2D eigenvalue weighted by atomic mass is 10.2. The maximum Gasteiger partial charge on any atom is 0.133 e. The molecule has 0 saturated carbocycles. The van der Waals surface area contributed by atoms with Gasteiger partial charge in [0.2, 0.25) is 0 Å². The highest BCUT2D eigenvalue weighted by Crippen LogP contribution is 2.25. The van der Waals surface area contributed by atoms with Crippen molar-refractivity contribution >= 4 is 22.0 Å². The minimum atomic E-state index is 0.857. The topological polar surface area (TPSA) is 21.3 Å². The van der Waals surface area contributed by atoms with Crippen LogP contribution in [0, 0.1) is 0 Å². The van der Waals surface area contributed by atoms with Crippen LogP contribution in [0.4, 0.5) is 0 Å². The van der Waals surface area contributed by atoms with Gasteiger partial charge in [-0.2, -0.15) is 0 Å². The Balaban J connectivity index is 2.76. The van der Waals surface area contributed by atoms with E-state index in [2.05, 4.69) is 33.4 Å². The van der Waals surface area contributed by atoms with Crippen molar-refractivity contribution in [2.75, 3.05) is 20.7 Å². The summed E-state index contributed by atoms with van der Waals surface area (Å²) in [6, 6.07) is 6.00. The number of methoxy groups -OCH3 is 1. The first-order chi connectivity index (χ1) is 6.77. The minimum absolute atomic E-state index is 0.857. The lowest BCUT2D eigenvalue weighted by molar-refractivity contribution is 0.412. The number of likely N-dealkylation sites (N-methyl/N-ethyl adjacent to an activating group) is 1. The van der Waals surface area contributed by atoms with Crippen LogP contribution in [0.5, 0.6) is 5.75 Å². The summed E-state index contributed by atoms with van der Waals surface area (Å²) in [5.74, 6) is 0.857. The first-order valence-corrected chi connectivity index (χ1v) is 5.22. The van der Waals surface area contributed by atoms with E-state index >= 15 is 0 Å². The molecule has 1 aromatic carbocycles. The zero-order valence-corrected chi connectivity index (χ0v) is 9.97. The summed E-state index contributed by atoms with van der Waals surface area (Å²) in [5, 5.41) is 3.05. The zero-order valence-electron chi connectivity index (χ0n) is 8.38. The van der Waals surface area contributed by atoms with E-state index in [1.54, 1.807) is 7.11 Å². The van der Waals surface area contributed by atoms with Crippen LogP contribution in [0.15, 0.2) is 28.7 Å². The molecule has 1 N–H and O–H groups in total. The fourth-order valence-corrected chi connectivity index (χ4v) is 1.66. The van der Waals surface area contributed by atoms with E-state index < -0.39 is 0 Å². The summed E-state index contributed by atoms with van der Waals surface area (Å²) in [6.07, 6.45) is 4.15. The second-order valence-corrected chi connectivity index (χ2v) is 3.71. The van der Waals surface area contributed by atoms with E-state index in [0.29, 0.717) is 0 Å². The van der Waals surface area contributed by atoms with Gasteiger partial charge in [0.05, 0.1) is 11.6 Å². The third kappa shape index (κ3) is 3.16. The van der Waals surface area contributed by atoms with Crippen molar-refractivity contribution in [3.63, 3.8) is 0 Å². The van der Waals surface area contributed by atoms with E-state index in [1.807, 2.05) is 25.2 Å². The van der Waals surface area contributed by atoms with Gasteiger partial charge in [-0.25, -0.2) is 0 Å².